The molecule has 0 aromatic carbocycles. The quantitative estimate of drug-likeness (QED) is 0.587. The molecule has 1 aromatic rings. The lowest BCUT2D eigenvalue weighted by molar-refractivity contribution is 0.0921. The van der Waals surface area contributed by atoms with Gasteiger partial charge in [0, 0.05) is 11.9 Å². The summed E-state index contributed by atoms with van der Waals surface area (Å²) in [6.45, 7) is 0.761. The number of nitrogens with one attached hydrogen (secondary N) is 1. The van der Waals surface area contributed by atoms with Gasteiger partial charge >= 0.3 is 0 Å². The van der Waals surface area contributed by atoms with Crippen LogP contribution in [0.15, 0.2) is 13.6 Å². The van der Waals surface area contributed by atoms with E-state index in [1.165, 1.54) is 43.4 Å². The Balaban J connectivity index is 1.97. The number of rotatable bonds is 4. The highest BCUT2D eigenvalue weighted by Crippen LogP contribution is 2.37. The van der Waals surface area contributed by atoms with Crippen molar-refractivity contribution in [3.8, 4) is 0 Å². The Hall–Kier alpha value is 0.610. The van der Waals surface area contributed by atoms with Crippen molar-refractivity contribution in [1.29, 1.82) is 0 Å². The Kier molecular flexibility index (Phi) is 5.93. The van der Waals surface area contributed by atoms with Gasteiger partial charge in [0.1, 0.15) is 0 Å². The third-order valence-corrected chi connectivity index (χ3v) is 7.25. The summed E-state index contributed by atoms with van der Waals surface area (Å²) in [5.41, 5.74) is 0.964. The molecule has 0 aliphatic heterocycles. The molecule has 1 N–H and O–H groups in total. The SMILES string of the molecule is O=C(NCC1(CBr)CCCCC1)c1cc(Br)sc1Br. The Bertz CT molecular complexity index is 455. The van der Waals surface area contributed by atoms with Gasteiger partial charge in [0.25, 0.3) is 5.91 Å². The zero-order valence-electron chi connectivity index (χ0n) is 10.5. The van der Waals surface area contributed by atoms with E-state index in [0.717, 1.165) is 25.0 Å². The van der Waals surface area contributed by atoms with Crippen molar-refractivity contribution < 1.29 is 4.79 Å². The highest BCUT2D eigenvalue weighted by Gasteiger charge is 2.31. The first-order chi connectivity index (χ1) is 9.06. The number of hydrogen-bond donors (Lipinski definition) is 1. The molecule has 106 valence electrons. The largest absolute Gasteiger partial charge is 0.351 e. The Labute approximate surface area is 143 Å². The van der Waals surface area contributed by atoms with Crippen LogP contribution in [0.1, 0.15) is 42.5 Å². The molecule has 1 saturated carbocycles. The number of hydrogen-bond acceptors (Lipinski definition) is 2. The molecule has 1 aromatic heterocycles. The van der Waals surface area contributed by atoms with Gasteiger partial charge in [0.2, 0.25) is 0 Å². The molecule has 0 saturated heterocycles. The maximum atomic E-state index is 12.2. The van der Waals surface area contributed by atoms with Crippen LogP contribution in [0.4, 0.5) is 0 Å². The highest BCUT2D eigenvalue weighted by molar-refractivity contribution is 9.12. The van der Waals surface area contributed by atoms with Crippen LogP contribution in [0.25, 0.3) is 0 Å². The van der Waals surface area contributed by atoms with Gasteiger partial charge in [0.15, 0.2) is 0 Å². The molecule has 0 unspecified atom stereocenters. The second kappa shape index (κ2) is 7.05. The zero-order chi connectivity index (χ0) is 13.9. The topological polar surface area (TPSA) is 29.1 Å². The minimum Gasteiger partial charge on any atom is -0.351 e. The van der Waals surface area contributed by atoms with Crippen LogP contribution < -0.4 is 5.32 Å². The molecule has 1 aliphatic rings. The summed E-state index contributed by atoms with van der Waals surface area (Å²) < 4.78 is 1.85. The second-order valence-corrected chi connectivity index (χ2v) is 9.42. The number of alkyl halides is 1. The Morgan fingerprint density at radius 1 is 1.32 bits per heavy atom. The molecule has 19 heavy (non-hydrogen) atoms. The fourth-order valence-electron chi connectivity index (χ4n) is 2.52. The first-order valence-corrected chi connectivity index (χ1v) is 9.88. The molecular weight excluding hydrogens is 458 g/mol. The van der Waals surface area contributed by atoms with E-state index in [4.69, 9.17) is 0 Å². The van der Waals surface area contributed by atoms with Gasteiger partial charge in [-0.1, -0.05) is 35.2 Å². The molecule has 0 atom stereocenters. The zero-order valence-corrected chi connectivity index (χ0v) is 16.1. The first-order valence-electron chi connectivity index (χ1n) is 6.35. The average molecular weight is 474 g/mol. The Morgan fingerprint density at radius 3 is 2.53 bits per heavy atom. The van der Waals surface area contributed by atoms with Gasteiger partial charge in [-0.15, -0.1) is 11.3 Å². The van der Waals surface area contributed by atoms with Crippen LogP contribution in [-0.2, 0) is 0 Å². The fourth-order valence-corrected chi connectivity index (χ4v) is 6.07. The minimum absolute atomic E-state index is 0.0136. The van der Waals surface area contributed by atoms with E-state index < -0.39 is 0 Å². The van der Waals surface area contributed by atoms with Gasteiger partial charge in [0.05, 0.1) is 13.1 Å². The predicted molar refractivity (Wildman–Crippen MR) is 91.4 cm³/mol. The Morgan fingerprint density at radius 2 is 2.00 bits per heavy atom. The van der Waals surface area contributed by atoms with Crippen molar-refractivity contribution in [2.24, 2.45) is 5.41 Å². The lowest BCUT2D eigenvalue weighted by Gasteiger charge is -2.35. The normalized spacial score (nSPS) is 18.3. The van der Waals surface area contributed by atoms with Crippen molar-refractivity contribution in [2.45, 2.75) is 32.1 Å². The number of thiophene rings is 1. The lowest BCUT2D eigenvalue weighted by Crippen LogP contribution is -2.40. The van der Waals surface area contributed by atoms with E-state index in [2.05, 4.69) is 53.1 Å². The molecule has 1 amide bonds. The van der Waals surface area contributed by atoms with E-state index in [0.29, 0.717) is 0 Å². The lowest BCUT2D eigenvalue weighted by atomic mass is 9.75. The molecule has 1 heterocycles. The fraction of sp³-hybridized carbons (Fsp3) is 0.615. The summed E-state index contributed by atoms with van der Waals surface area (Å²) in [5.74, 6) is 0.0136. The third-order valence-electron chi connectivity index (χ3n) is 3.72. The summed E-state index contributed by atoms with van der Waals surface area (Å²) in [5, 5.41) is 4.07. The first kappa shape index (κ1) is 16.0. The van der Waals surface area contributed by atoms with Crippen molar-refractivity contribution in [1.82, 2.24) is 5.32 Å². The van der Waals surface area contributed by atoms with Crippen molar-refractivity contribution in [2.75, 3.05) is 11.9 Å². The van der Waals surface area contributed by atoms with Gasteiger partial charge in [-0.3, -0.25) is 4.79 Å². The van der Waals surface area contributed by atoms with E-state index in [1.54, 1.807) is 0 Å². The van der Waals surface area contributed by atoms with Crippen LogP contribution in [0, 0.1) is 5.41 Å². The number of carbonyl (C=O) groups excluding carboxylic acids is 1. The maximum absolute atomic E-state index is 12.2. The van der Waals surface area contributed by atoms with Crippen LogP contribution in [0.2, 0.25) is 0 Å². The number of halogens is 3. The molecule has 1 aliphatic carbocycles. The predicted octanol–water partition coefficient (Wildman–Crippen LogP) is 5.35. The minimum atomic E-state index is 0.0136. The molecule has 2 rings (SSSR count). The smallest absolute Gasteiger partial charge is 0.253 e. The van der Waals surface area contributed by atoms with Crippen LogP contribution in [0.3, 0.4) is 0 Å². The van der Waals surface area contributed by atoms with E-state index in [1.807, 2.05) is 6.07 Å². The molecule has 2 nitrogen and oxygen atoms in total. The standard InChI is InChI=1S/C13H16Br3NOS/c14-7-13(4-2-1-3-5-13)8-17-12(18)9-6-10(15)19-11(9)16/h6H,1-5,7-8H2,(H,17,18). The molecule has 0 radical (unpaired) electrons. The molecule has 0 spiro atoms. The van der Waals surface area contributed by atoms with E-state index in [-0.39, 0.29) is 11.3 Å². The highest BCUT2D eigenvalue weighted by atomic mass is 79.9. The number of amides is 1. The van der Waals surface area contributed by atoms with Crippen molar-refractivity contribution in [3.05, 3.63) is 19.2 Å². The summed E-state index contributed by atoms with van der Waals surface area (Å²) in [7, 11) is 0. The van der Waals surface area contributed by atoms with Crippen LogP contribution in [0.5, 0.6) is 0 Å². The summed E-state index contributed by atoms with van der Waals surface area (Å²) >= 11 is 12.0. The number of carbonyl (C=O) groups is 1. The van der Waals surface area contributed by atoms with Gasteiger partial charge in [-0.05, 0) is 56.2 Å². The van der Waals surface area contributed by atoms with Gasteiger partial charge in [-0.25, -0.2) is 0 Å². The van der Waals surface area contributed by atoms with E-state index in [9.17, 15) is 4.79 Å². The molecular formula is C13H16Br3NOS. The molecule has 6 heteroatoms. The molecule has 1 fully saturated rings. The summed E-state index contributed by atoms with van der Waals surface area (Å²) in [6, 6.07) is 1.87. The third kappa shape index (κ3) is 4.05. The monoisotopic (exact) mass is 471 g/mol. The average Bonchev–Trinajstić information content (AvgIpc) is 2.76. The van der Waals surface area contributed by atoms with Crippen molar-refractivity contribution >= 4 is 65.0 Å². The van der Waals surface area contributed by atoms with Crippen LogP contribution >= 0.6 is 59.1 Å². The maximum Gasteiger partial charge on any atom is 0.253 e. The van der Waals surface area contributed by atoms with Crippen molar-refractivity contribution in [3.63, 3.8) is 0 Å². The van der Waals surface area contributed by atoms with Gasteiger partial charge in [-0.2, -0.15) is 0 Å². The summed E-state index contributed by atoms with van der Waals surface area (Å²) in [4.78, 5) is 12.2. The van der Waals surface area contributed by atoms with E-state index >= 15 is 0 Å². The molecule has 0 bridgehead atoms. The second-order valence-electron chi connectivity index (χ2n) is 5.11. The summed E-state index contributed by atoms with van der Waals surface area (Å²) in [6.07, 6.45) is 6.27. The van der Waals surface area contributed by atoms with Gasteiger partial charge < -0.3 is 5.32 Å². The van der Waals surface area contributed by atoms with Crippen LogP contribution in [-0.4, -0.2) is 17.8 Å².